The van der Waals surface area contributed by atoms with Crippen LogP contribution in [0.4, 0.5) is 5.69 Å². The summed E-state index contributed by atoms with van der Waals surface area (Å²) in [5.74, 6) is 2.81. The maximum Gasteiger partial charge on any atom is 0.238 e. The number of hydrogen-bond acceptors (Lipinski definition) is 4. The van der Waals surface area contributed by atoms with Crippen molar-refractivity contribution >= 4 is 23.4 Å². The molecule has 4 nitrogen and oxygen atoms in total. The van der Waals surface area contributed by atoms with Crippen molar-refractivity contribution in [3.8, 4) is 5.75 Å². The molecule has 1 aromatic rings. The van der Waals surface area contributed by atoms with Gasteiger partial charge in [-0.15, -0.1) is 0 Å². The summed E-state index contributed by atoms with van der Waals surface area (Å²) in [5, 5.41) is 6.04. The lowest BCUT2D eigenvalue weighted by atomic mass is 10.3. The van der Waals surface area contributed by atoms with Gasteiger partial charge >= 0.3 is 0 Å². The van der Waals surface area contributed by atoms with E-state index in [4.69, 9.17) is 4.74 Å². The Morgan fingerprint density at radius 2 is 2.26 bits per heavy atom. The third-order valence-electron chi connectivity index (χ3n) is 2.54. The zero-order chi connectivity index (χ0) is 14.1. The predicted molar refractivity (Wildman–Crippen MR) is 82.1 cm³/mol. The van der Waals surface area contributed by atoms with Crippen LogP contribution in [0, 0.1) is 0 Å². The van der Waals surface area contributed by atoms with E-state index in [-0.39, 0.29) is 5.91 Å². The number of hydrogen-bond donors (Lipinski definition) is 2. The average Bonchev–Trinajstić information content (AvgIpc) is 2.43. The minimum Gasteiger partial charge on any atom is -0.497 e. The maximum atomic E-state index is 11.8. The largest absolute Gasteiger partial charge is 0.497 e. The summed E-state index contributed by atoms with van der Waals surface area (Å²) in [5.41, 5.74) is 0.752. The summed E-state index contributed by atoms with van der Waals surface area (Å²) in [4.78, 5) is 11.8. The molecule has 0 saturated carbocycles. The van der Waals surface area contributed by atoms with E-state index in [2.05, 4.69) is 24.5 Å². The summed E-state index contributed by atoms with van der Waals surface area (Å²) in [7, 11) is 1.61. The molecule has 19 heavy (non-hydrogen) atoms. The van der Waals surface area contributed by atoms with Gasteiger partial charge in [-0.05, 0) is 24.8 Å². The molecule has 0 bridgehead atoms. The molecule has 0 fully saturated rings. The highest BCUT2D eigenvalue weighted by Gasteiger charge is 2.06. The van der Waals surface area contributed by atoms with Gasteiger partial charge in [-0.2, -0.15) is 11.8 Å². The molecule has 106 valence electrons. The SMILES string of the molecule is CCSCC(C)NCC(=O)Nc1cccc(OC)c1. The van der Waals surface area contributed by atoms with E-state index in [1.807, 2.05) is 30.0 Å². The van der Waals surface area contributed by atoms with E-state index in [1.165, 1.54) is 0 Å². The van der Waals surface area contributed by atoms with Crippen LogP contribution in [-0.4, -0.2) is 37.1 Å². The molecule has 0 aliphatic heterocycles. The first-order valence-electron chi connectivity index (χ1n) is 6.40. The van der Waals surface area contributed by atoms with Crippen LogP contribution in [0.1, 0.15) is 13.8 Å². The second-order valence-corrected chi connectivity index (χ2v) is 5.54. The van der Waals surface area contributed by atoms with Crippen molar-refractivity contribution in [1.82, 2.24) is 5.32 Å². The first-order valence-corrected chi connectivity index (χ1v) is 7.56. The van der Waals surface area contributed by atoms with Gasteiger partial charge in [0.25, 0.3) is 0 Å². The van der Waals surface area contributed by atoms with Gasteiger partial charge in [-0.1, -0.05) is 13.0 Å². The number of anilines is 1. The number of methoxy groups -OCH3 is 1. The van der Waals surface area contributed by atoms with E-state index < -0.39 is 0 Å². The Balaban J connectivity index is 2.34. The summed E-state index contributed by atoms with van der Waals surface area (Å²) in [6.07, 6.45) is 0. The lowest BCUT2D eigenvalue weighted by Gasteiger charge is -2.13. The maximum absolute atomic E-state index is 11.8. The van der Waals surface area contributed by atoms with Crippen LogP contribution in [0.5, 0.6) is 5.75 Å². The van der Waals surface area contributed by atoms with Crippen LogP contribution in [0.25, 0.3) is 0 Å². The molecule has 2 N–H and O–H groups in total. The van der Waals surface area contributed by atoms with Crippen LogP contribution < -0.4 is 15.4 Å². The van der Waals surface area contributed by atoms with Crippen molar-refractivity contribution < 1.29 is 9.53 Å². The summed E-state index contributed by atoms with van der Waals surface area (Å²) < 4.78 is 5.11. The normalized spacial score (nSPS) is 11.9. The Morgan fingerprint density at radius 3 is 2.95 bits per heavy atom. The molecular formula is C14H22N2O2S. The lowest BCUT2D eigenvalue weighted by molar-refractivity contribution is -0.115. The van der Waals surface area contributed by atoms with Crippen molar-refractivity contribution in [3.05, 3.63) is 24.3 Å². The van der Waals surface area contributed by atoms with Crippen LogP contribution in [0.3, 0.4) is 0 Å². The second-order valence-electron chi connectivity index (χ2n) is 4.22. The molecule has 1 aromatic carbocycles. The van der Waals surface area contributed by atoms with Gasteiger partial charge in [0.15, 0.2) is 0 Å². The van der Waals surface area contributed by atoms with Gasteiger partial charge in [0.2, 0.25) is 5.91 Å². The Labute approximate surface area is 119 Å². The number of nitrogens with one attached hydrogen (secondary N) is 2. The fourth-order valence-corrected chi connectivity index (χ4v) is 2.23. The van der Waals surface area contributed by atoms with E-state index in [1.54, 1.807) is 13.2 Å². The molecule has 1 rings (SSSR count). The van der Waals surface area contributed by atoms with Gasteiger partial charge in [-0.25, -0.2) is 0 Å². The lowest BCUT2D eigenvalue weighted by Crippen LogP contribution is -2.35. The van der Waals surface area contributed by atoms with Gasteiger partial charge in [0, 0.05) is 23.5 Å². The molecule has 0 aromatic heterocycles. The molecule has 0 aliphatic carbocycles. The Hall–Kier alpha value is -1.20. The van der Waals surface area contributed by atoms with Crippen LogP contribution in [-0.2, 0) is 4.79 Å². The molecule has 0 aliphatic rings. The number of thioether (sulfide) groups is 1. The standard InChI is InChI=1S/C14H22N2O2S/c1-4-19-10-11(2)15-9-14(17)16-12-6-5-7-13(8-12)18-3/h5-8,11,15H,4,9-10H2,1-3H3,(H,16,17). The molecule has 5 heteroatoms. The molecule has 0 heterocycles. The van der Waals surface area contributed by atoms with Crippen molar-refractivity contribution in [1.29, 1.82) is 0 Å². The van der Waals surface area contributed by atoms with Crippen molar-refractivity contribution in [2.75, 3.05) is 30.5 Å². The number of ether oxygens (including phenoxy) is 1. The van der Waals surface area contributed by atoms with Gasteiger partial charge < -0.3 is 15.4 Å². The minimum atomic E-state index is -0.0402. The predicted octanol–water partition coefficient (Wildman–Crippen LogP) is 2.36. The highest BCUT2D eigenvalue weighted by Crippen LogP contribution is 2.16. The van der Waals surface area contributed by atoms with Crippen LogP contribution in [0.15, 0.2) is 24.3 Å². The number of rotatable bonds is 8. The second kappa shape index (κ2) is 8.82. The van der Waals surface area contributed by atoms with Gasteiger partial charge in [-0.3, -0.25) is 4.79 Å². The Bertz CT molecular complexity index is 399. The summed E-state index contributed by atoms with van der Waals surface area (Å²) >= 11 is 1.87. The van der Waals surface area contributed by atoms with E-state index in [0.29, 0.717) is 12.6 Å². The highest BCUT2D eigenvalue weighted by atomic mass is 32.2. The van der Waals surface area contributed by atoms with Gasteiger partial charge in [0.05, 0.1) is 13.7 Å². The Morgan fingerprint density at radius 1 is 1.47 bits per heavy atom. The molecule has 0 radical (unpaired) electrons. The molecule has 1 atom stereocenters. The average molecular weight is 282 g/mol. The third-order valence-corrected chi connectivity index (χ3v) is 3.68. The van der Waals surface area contributed by atoms with Crippen molar-refractivity contribution in [2.24, 2.45) is 0 Å². The molecule has 0 saturated heterocycles. The van der Waals surface area contributed by atoms with E-state index >= 15 is 0 Å². The number of benzene rings is 1. The summed E-state index contributed by atoms with van der Waals surface area (Å²) in [6, 6.07) is 7.67. The monoisotopic (exact) mass is 282 g/mol. The van der Waals surface area contributed by atoms with Crippen LogP contribution >= 0.6 is 11.8 Å². The van der Waals surface area contributed by atoms with E-state index in [9.17, 15) is 4.79 Å². The quantitative estimate of drug-likeness (QED) is 0.768. The molecular weight excluding hydrogens is 260 g/mol. The zero-order valence-electron chi connectivity index (χ0n) is 11.7. The smallest absolute Gasteiger partial charge is 0.238 e. The highest BCUT2D eigenvalue weighted by molar-refractivity contribution is 7.99. The first kappa shape index (κ1) is 15.9. The number of carbonyl (C=O) groups excluding carboxylic acids is 1. The molecule has 1 unspecified atom stereocenters. The van der Waals surface area contributed by atoms with Gasteiger partial charge in [0.1, 0.15) is 5.75 Å². The summed E-state index contributed by atoms with van der Waals surface area (Å²) in [6.45, 7) is 4.54. The van der Waals surface area contributed by atoms with Crippen molar-refractivity contribution in [3.63, 3.8) is 0 Å². The number of carbonyl (C=O) groups is 1. The zero-order valence-corrected chi connectivity index (χ0v) is 12.5. The first-order chi connectivity index (χ1) is 9.15. The van der Waals surface area contributed by atoms with E-state index in [0.717, 1.165) is 22.9 Å². The third kappa shape index (κ3) is 6.50. The molecule has 0 spiro atoms. The topological polar surface area (TPSA) is 50.4 Å². The van der Waals surface area contributed by atoms with Crippen molar-refractivity contribution in [2.45, 2.75) is 19.9 Å². The fraction of sp³-hybridized carbons (Fsp3) is 0.500. The molecule has 1 amide bonds. The van der Waals surface area contributed by atoms with Crippen LogP contribution in [0.2, 0.25) is 0 Å². The minimum absolute atomic E-state index is 0.0402. The Kier molecular flexibility index (Phi) is 7.36. The fourth-order valence-electron chi connectivity index (χ4n) is 1.53. The number of amides is 1.